The molecule has 4 fully saturated rings. The predicted molar refractivity (Wildman–Crippen MR) is 77.9 cm³/mol. The molecule has 1 aliphatic heterocycles. The molecule has 4 heteroatoms. The van der Waals surface area contributed by atoms with Gasteiger partial charge in [0.05, 0.1) is 13.2 Å². The summed E-state index contributed by atoms with van der Waals surface area (Å²) in [6.07, 6.45) is 3.89. The molecule has 0 aromatic rings. The summed E-state index contributed by atoms with van der Waals surface area (Å²) in [6, 6.07) is 0. The number of ether oxygens (including phenoxy) is 1. The zero-order valence-corrected chi connectivity index (χ0v) is 13.1. The van der Waals surface area contributed by atoms with E-state index >= 15 is 0 Å². The summed E-state index contributed by atoms with van der Waals surface area (Å²) in [6.45, 7) is 7.38. The summed E-state index contributed by atoms with van der Waals surface area (Å²) in [7, 11) is 0. The van der Waals surface area contributed by atoms with E-state index in [0.29, 0.717) is 30.3 Å². The van der Waals surface area contributed by atoms with Crippen LogP contribution in [-0.4, -0.2) is 48.3 Å². The Morgan fingerprint density at radius 3 is 2.05 bits per heavy atom. The number of carbonyl (C=O) groups excluding carboxylic acids is 2. The maximum Gasteiger partial charge on any atom is 0.140 e. The van der Waals surface area contributed by atoms with Gasteiger partial charge in [-0.1, -0.05) is 13.8 Å². The van der Waals surface area contributed by atoms with E-state index in [4.69, 9.17) is 4.74 Å². The average Bonchev–Trinajstić information content (AvgIpc) is 2.44. The standard InChI is InChI=1S/C17H25NO3/c1-15-7-12-8-16(2,11-15)14(20)10-17(12,9-13(15)19)18-3-5-21-6-4-18/h12H,3-11H2,1-2H3. The molecular formula is C17H25NO3. The van der Waals surface area contributed by atoms with Gasteiger partial charge >= 0.3 is 0 Å². The van der Waals surface area contributed by atoms with Crippen LogP contribution in [0.15, 0.2) is 0 Å². The largest absolute Gasteiger partial charge is 0.379 e. The molecule has 3 bridgehead atoms. The number of hydrogen-bond donors (Lipinski definition) is 0. The minimum atomic E-state index is -0.260. The van der Waals surface area contributed by atoms with E-state index in [0.717, 1.165) is 45.6 Å². The van der Waals surface area contributed by atoms with Crippen LogP contribution in [0, 0.1) is 16.7 Å². The Kier molecular flexibility index (Phi) is 2.76. The zero-order valence-electron chi connectivity index (χ0n) is 13.1. The Balaban J connectivity index is 1.77. The van der Waals surface area contributed by atoms with Crippen molar-refractivity contribution in [2.45, 2.75) is 51.5 Å². The smallest absolute Gasteiger partial charge is 0.140 e. The van der Waals surface area contributed by atoms with Crippen molar-refractivity contribution in [3.05, 3.63) is 0 Å². The molecule has 0 N–H and O–H groups in total. The summed E-state index contributed by atoms with van der Waals surface area (Å²) in [5.74, 6) is 1.28. The lowest BCUT2D eigenvalue weighted by atomic mass is 9.44. The van der Waals surface area contributed by atoms with E-state index in [1.807, 2.05) is 0 Å². The van der Waals surface area contributed by atoms with E-state index in [1.165, 1.54) is 0 Å². The van der Waals surface area contributed by atoms with E-state index in [-0.39, 0.29) is 16.4 Å². The number of hydrogen-bond acceptors (Lipinski definition) is 4. The molecule has 21 heavy (non-hydrogen) atoms. The highest BCUT2D eigenvalue weighted by atomic mass is 16.5. The van der Waals surface area contributed by atoms with Crippen LogP contribution in [-0.2, 0) is 14.3 Å². The lowest BCUT2D eigenvalue weighted by Crippen LogP contribution is -2.70. The van der Waals surface area contributed by atoms with Crippen LogP contribution in [0.1, 0.15) is 46.0 Å². The number of ketones is 2. The molecule has 3 saturated carbocycles. The minimum absolute atomic E-state index is 0.197. The fourth-order valence-corrected chi connectivity index (χ4v) is 5.79. The summed E-state index contributed by atoms with van der Waals surface area (Å²) in [5, 5.41) is 0. The van der Waals surface area contributed by atoms with Crippen molar-refractivity contribution >= 4 is 11.6 Å². The number of nitrogens with zero attached hydrogens (tertiary/aromatic N) is 1. The summed E-state index contributed by atoms with van der Waals surface area (Å²) < 4.78 is 5.48. The molecule has 3 aliphatic carbocycles. The topological polar surface area (TPSA) is 46.6 Å². The van der Waals surface area contributed by atoms with Crippen molar-refractivity contribution in [2.24, 2.45) is 16.7 Å². The lowest BCUT2D eigenvalue weighted by molar-refractivity contribution is -0.180. The van der Waals surface area contributed by atoms with Crippen molar-refractivity contribution in [2.75, 3.05) is 26.3 Å². The van der Waals surface area contributed by atoms with Crippen LogP contribution < -0.4 is 0 Å². The number of morpholine rings is 1. The normalized spacial score (nSPS) is 50.5. The van der Waals surface area contributed by atoms with Crippen molar-refractivity contribution < 1.29 is 14.3 Å². The van der Waals surface area contributed by atoms with Crippen LogP contribution >= 0.6 is 0 Å². The molecule has 1 saturated heterocycles. The van der Waals surface area contributed by atoms with Gasteiger partial charge in [0.25, 0.3) is 0 Å². The SMILES string of the molecule is CC12CC3CC(C)(C1)C(=O)CC3(N1CCOCC1)CC2=O. The first-order valence-electron chi connectivity index (χ1n) is 8.28. The molecule has 2 atom stereocenters. The van der Waals surface area contributed by atoms with Gasteiger partial charge in [0.2, 0.25) is 0 Å². The maximum absolute atomic E-state index is 12.8. The molecule has 2 unspecified atom stereocenters. The van der Waals surface area contributed by atoms with Gasteiger partial charge in [-0.2, -0.15) is 0 Å². The second-order valence-electron chi connectivity index (χ2n) is 8.31. The molecule has 116 valence electrons. The molecule has 0 radical (unpaired) electrons. The van der Waals surface area contributed by atoms with Crippen LogP contribution in [0.2, 0.25) is 0 Å². The molecule has 0 aromatic heterocycles. The second kappa shape index (κ2) is 4.17. The van der Waals surface area contributed by atoms with Gasteiger partial charge in [-0.25, -0.2) is 0 Å². The van der Waals surface area contributed by atoms with Crippen molar-refractivity contribution in [3.63, 3.8) is 0 Å². The van der Waals surface area contributed by atoms with Gasteiger partial charge in [-0.15, -0.1) is 0 Å². The molecular weight excluding hydrogens is 266 g/mol. The highest BCUT2D eigenvalue weighted by Gasteiger charge is 2.65. The van der Waals surface area contributed by atoms with Crippen molar-refractivity contribution in [1.82, 2.24) is 4.90 Å². The summed E-state index contributed by atoms with van der Waals surface area (Å²) in [5.41, 5.74) is -0.718. The molecule has 0 spiro atoms. The van der Waals surface area contributed by atoms with Gasteiger partial charge in [-0.05, 0) is 25.2 Å². The fraction of sp³-hybridized carbons (Fsp3) is 0.882. The third kappa shape index (κ3) is 1.75. The summed E-state index contributed by atoms with van der Waals surface area (Å²) >= 11 is 0. The van der Waals surface area contributed by atoms with Crippen LogP contribution in [0.5, 0.6) is 0 Å². The van der Waals surface area contributed by atoms with Gasteiger partial charge in [0.1, 0.15) is 11.6 Å². The Hall–Kier alpha value is -0.740. The Morgan fingerprint density at radius 1 is 1.00 bits per heavy atom. The van der Waals surface area contributed by atoms with Crippen LogP contribution in [0.3, 0.4) is 0 Å². The minimum Gasteiger partial charge on any atom is -0.379 e. The van der Waals surface area contributed by atoms with E-state index in [2.05, 4.69) is 18.7 Å². The van der Waals surface area contributed by atoms with E-state index < -0.39 is 0 Å². The first kappa shape index (κ1) is 13.9. The Morgan fingerprint density at radius 2 is 1.52 bits per heavy atom. The molecule has 0 amide bonds. The maximum atomic E-state index is 12.8. The lowest BCUT2D eigenvalue weighted by Gasteiger charge is -2.64. The van der Waals surface area contributed by atoms with Gasteiger partial charge in [0, 0.05) is 42.3 Å². The first-order valence-corrected chi connectivity index (χ1v) is 8.28. The predicted octanol–water partition coefficient (Wildman–Crippen LogP) is 1.82. The monoisotopic (exact) mass is 291 g/mol. The number of carbonyl (C=O) groups is 2. The third-order valence-corrected chi connectivity index (χ3v) is 6.85. The Labute approximate surface area is 126 Å². The molecule has 4 aliphatic rings. The first-order chi connectivity index (χ1) is 9.88. The zero-order chi connectivity index (χ0) is 14.9. The molecule has 4 rings (SSSR count). The van der Waals surface area contributed by atoms with Crippen molar-refractivity contribution in [3.8, 4) is 0 Å². The Bertz CT molecular complexity index is 478. The van der Waals surface area contributed by atoms with E-state index in [1.54, 1.807) is 0 Å². The van der Waals surface area contributed by atoms with Gasteiger partial charge in [0.15, 0.2) is 0 Å². The third-order valence-electron chi connectivity index (χ3n) is 6.85. The number of fused-ring (bicyclic) bond motifs is 2. The van der Waals surface area contributed by atoms with Crippen LogP contribution in [0.25, 0.3) is 0 Å². The van der Waals surface area contributed by atoms with Gasteiger partial charge < -0.3 is 4.74 Å². The summed E-state index contributed by atoms with van der Waals surface area (Å²) in [4.78, 5) is 28.1. The molecule has 4 nitrogen and oxygen atoms in total. The highest BCUT2D eigenvalue weighted by Crippen LogP contribution is 2.63. The van der Waals surface area contributed by atoms with Crippen molar-refractivity contribution in [1.29, 1.82) is 0 Å². The van der Waals surface area contributed by atoms with Crippen LogP contribution in [0.4, 0.5) is 0 Å². The highest BCUT2D eigenvalue weighted by molar-refractivity contribution is 5.94. The van der Waals surface area contributed by atoms with Gasteiger partial charge in [-0.3, -0.25) is 14.5 Å². The molecule has 0 aromatic carbocycles. The number of rotatable bonds is 1. The number of Topliss-reactive ketones (excluding diaryl/α,β-unsaturated/α-hetero) is 2. The fourth-order valence-electron chi connectivity index (χ4n) is 5.79. The quantitative estimate of drug-likeness (QED) is 0.739. The second-order valence-corrected chi connectivity index (χ2v) is 8.31. The molecule has 1 heterocycles. The van der Waals surface area contributed by atoms with E-state index in [9.17, 15) is 9.59 Å². The average molecular weight is 291 g/mol.